The van der Waals surface area contributed by atoms with E-state index in [2.05, 4.69) is 22.0 Å². The number of carbonyl (C=O) groups is 1. The lowest BCUT2D eigenvalue weighted by Crippen LogP contribution is -2.38. The minimum absolute atomic E-state index is 0.0324. The van der Waals surface area contributed by atoms with E-state index in [9.17, 15) is 18.0 Å². The van der Waals surface area contributed by atoms with Crippen LogP contribution in [0.15, 0.2) is 18.3 Å². The number of amides is 1. The van der Waals surface area contributed by atoms with Gasteiger partial charge < -0.3 is 10.1 Å². The van der Waals surface area contributed by atoms with Crippen molar-refractivity contribution in [2.75, 3.05) is 6.61 Å². The maximum atomic E-state index is 12.3. The Bertz CT molecular complexity index is 520. The first-order valence-corrected chi connectivity index (χ1v) is 7.30. The second-order valence-electron chi connectivity index (χ2n) is 5.70. The quantitative estimate of drug-likeness (QED) is 0.927. The van der Waals surface area contributed by atoms with Gasteiger partial charge in [-0.15, -0.1) is 0 Å². The molecule has 122 valence electrons. The molecule has 7 heteroatoms. The van der Waals surface area contributed by atoms with E-state index in [0.29, 0.717) is 5.92 Å². The molecule has 1 aliphatic rings. The molecule has 1 aliphatic carbocycles. The SMILES string of the molecule is C[C@@H]1CCC[C@@H](NC(=O)c2cccnc2OCC(F)(F)F)C1. The van der Waals surface area contributed by atoms with Crippen molar-refractivity contribution in [1.82, 2.24) is 10.3 Å². The summed E-state index contributed by atoms with van der Waals surface area (Å²) in [4.78, 5) is 16.0. The predicted octanol–water partition coefficient (Wildman–Crippen LogP) is 3.33. The summed E-state index contributed by atoms with van der Waals surface area (Å²) in [5.41, 5.74) is 0.0324. The lowest BCUT2D eigenvalue weighted by Gasteiger charge is -2.27. The molecular weight excluding hydrogens is 297 g/mol. The largest absolute Gasteiger partial charge is 0.467 e. The minimum Gasteiger partial charge on any atom is -0.467 e. The Kier molecular flexibility index (Phi) is 5.26. The number of nitrogens with zero attached hydrogens (tertiary/aromatic N) is 1. The predicted molar refractivity (Wildman–Crippen MR) is 74.7 cm³/mol. The van der Waals surface area contributed by atoms with Crippen LogP contribution in [0.1, 0.15) is 43.0 Å². The average molecular weight is 316 g/mol. The third-order valence-corrected chi connectivity index (χ3v) is 3.66. The zero-order chi connectivity index (χ0) is 16.2. The molecular formula is C15H19F3N2O2. The molecule has 1 N–H and O–H groups in total. The number of rotatable bonds is 4. The Morgan fingerprint density at radius 3 is 2.91 bits per heavy atom. The van der Waals surface area contributed by atoms with Crippen molar-refractivity contribution in [3.05, 3.63) is 23.9 Å². The monoisotopic (exact) mass is 316 g/mol. The molecule has 2 atom stereocenters. The molecule has 0 unspecified atom stereocenters. The molecule has 22 heavy (non-hydrogen) atoms. The van der Waals surface area contributed by atoms with Crippen LogP contribution in [0.2, 0.25) is 0 Å². The smallest absolute Gasteiger partial charge is 0.422 e. The van der Waals surface area contributed by atoms with Crippen LogP contribution in [0.3, 0.4) is 0 Å². The van der Waals surface area contributed by atoms with Gasteiger partial charge in [0.25, 0.3) is 5.91 Å². The van der Waals surface area contributed by atoms with Crippen LogP contribution < -0.4 is 10.1 Å². The molecule has 2 rings (SSSR count). The van der Waals surface area contributed by atoms with Crippen LogP contribution in [0, 0.1) is 5.92 Å². The first-order chi connectivity index (χ1) is 10.3. The summed E-state index contributed by atoms with van der Waals surface area (Å²) in [5.74, 6) is -0.195. The van der Waals surface area contributed by atoms with E-state index in [1.807, 2.05) is 0 Å². The van der Waals surface area contributed by atoms with Crippen molar-refractivity contribution < 1.29 is 22.7 Å². The summed E-state index contributed by atoms with van der Waals surface area (Å²) in [5, 5.41) is 2.86. The van der Waals surface area contributed by atoms with Gasteiger partial charge in [0, 0.05) is 12.2 Å². The zero-order valence-electron chi connectivity index (χ0n) is 12.3. The Balaban J connectivity index is 2.02. The summed E-state index contributed by atoms with van der Waals surface area (Å²) >= 11 is 0. The second-order valence-corrected chi connectivity index (χ2v) is 5.70. The summed E-state index contributed by atoms with van der Waals surface area (Å²) in [6.07, 6.45) is 0.769. The van der Waals surface area contributed by atoms with Crippen LogP contribution in [-0.4, -0.2) is 29.7 Å². The highest BCUT2D eigenvalue weighted by molar-refractivity contribution is 5.96. The third-order valence-electron chi connectivity index (χ3n) is 3.66. The Morgan fingerprint density at radius 1 is 1.45 bits per heavy atom. The van der Waals surface area contributed by atoms with Crippen molar-refractivity contribution in [2.45, 2.75) is 44.8 Å². The highest BCUT2D eigenvalue weighted by atomic mass is 19.4. The number of carbonyl (C=O) groups excluding carboxylic acids is 1. The van der Waals surface area contributed by atoms with Gasteiger partial charge in [0.15, 0.2) is 6.61 Å². The van der Waals surface area contributed by atoms with Crippen LogP contribution in [0.25, 0.3) is 0 Å². The van der Waals surface area contributed by atoms with Gasteiger partial charge in [-0.3, -0.25) is 4.79 Å². The topological polar surface area (TPSA) is 51.2 Å². The number of halogens is 3. The fourth-order valence-electron chi connectivity index (χ4n) is 2.66. The van der Waals surface area contributed by atoms with E-state index >= 15 is 0 Å². The lowest BCUT2D eigenvalue weighted by molar-refractivity contribution is -0.154. The van der Waals surface area contributed by atoms with Crippen LogP contribution in [-0.2, 0) is 0 Å². The van der Waals surface area contributed by atoms with Gasteiger partial charge in [-0.05, 0) is 30.9 Å². The normalized spacial score (nSPS) is 22.2. The molecule has 4 nitrogen and oxygen atoms in total. The summed E-state index contributed by atoms with van der Waals surface area (Å²) in [7, 11) is 0. The number of nitrogens with one attached hydrogen (secondary N) is 1. The van der Waals surface area contributed by atoms with Crippen molar-refractivity contribution in [1.29, 1.82) is 0 Å². The summed E-state index contributed by atoms with van der Waals surface area (Å²) in [6.45, 7) is 0.658. The number of alkyl halides is 3. The highest BCUT2D eigenvalue weighted by Crippen LogP contribution is 2.25. The maximum absolute atomic E-state index is 12.3. The van der Waals surface area contributed by atoms with Gasteiger partial charge in [-0.1, -0.05) is 19.8 Å². The summed E-state index contributed by atoms with van der Waals surface area (Å²) in [6, 6.07) is 2.96. The molecule has 1 heterocycles. The van der Waals surface area contributed by atoms with Crippen molar-refractivity contribution in [3.63, 3.8) is 0 Å². The first kappa shape index (κ1) is 16.6. The van der Waals surface area contributed by atoms with E-state index in [1.165, 1.54) is 18.3 Å². The van der Waals surface area contributed by atoms with Gasteiger partial charge in [0.2, 0.25) is 5.88 Å². The van der Waals surface area contributed by atoms with E-state index in [4.69, 9.17) is 0 Å². The fourth-order valence-corrected chi connectivity index (χ4v) is 2.66. The van der Waals surface area contributed by atoms with Crippen LogP contribution in [0.5, 0.6) is 5.88 Å². The van der Waals surface area contributed by atoms with Crippen LogP contribution in [0.4, 0.5) is 13.2 Å². The zero-order valence-corrected chi connectivity index (χ0v) is 12.3. The van der Waals surface area contributed by atoms with Crippen molar-refractivity contribution >= 4 is 5.91 Å². The Hall–Kier alpha value is -1.79. The molecule has 1 aromatic heterocycles. The standard InChI is InChI=1S/C15H19F3N2O2/c1-10-4-2-5-11(8-10)20-13(21)12-6-3-7-19-14(12)22-9-15(16,17)18/h3,6-7,10-11H,2,4-5,8-9H2,1H3,(H,20,21)/t10-,11-/m1/s1. The molecule has 0 spiro atoms. The molecule has 1 saturated carbocycles. The number of aromatic nitrogens is 1. The van der Waals surface area contributed by atoms with Crippen LogP contribution >= 0.6 is 0 Å². The van der Waals surface area contributed by atoms with Gasteiger partial charge in [-0.25, -0.2) is 4.98 Å². The van der Waals surface area contributed by atoms with Gasteiger partial charge >= 0.3 is 6.18 Å². The molecule has 1 aromatic rings. The van der Waals surface area contributed by atoms with E-state index in [-0.39, 0.29) is 17.5 Å². The number of pyridine rings is 1. The van der Waals surface area contributed by atoms with Gasteiger partial charge in [-0.2, -0.15) is 13.2 Å². The average Bonchev–Trinajstić information content (AvgIpc) is 2.44. The highest BCUT2D eigenvalue weighted by Gasteiger charge is 2.30. The number of ether oxygens (including phenoxy) is 1. The molecule has 1 fully saturated rings. The number of hydrogen-bond acceptors (Lipinski definition) is 3. The Morgan fingerprint density at radius 2 is 2.23 bits per heavy atom. The van der Waals surface area contributed by atoms with Gasteiger partial charge in [0.1, 0.15) is 5.56 Å². The van der Waals surface area contributed by atoms with E-state index in [0.717, 1.165) is 25.7 Å². The van der Waals surface area contributed by atoms with E-state index < -0.39 is 18.7 Å². The minimum atomic E-state index is -4.47. The second kappa shape index (κ2) is 6.98. The molecule has 0 aliphatic heterocycles. The van der Waals surface area contributed by atoms with Gasteiger partial charge in [0.05, 0.1) is 0 Å². The Labute approximate surface area is 127 Å². The molecule has 0 bridgehead atoms. The fraction of sp³-hybridized carbons (Fsp3) is 0.600. The van der Waals surface area contributed by atoms with Crippen molar-refractivity contribution in [3.8, 4) is 5.88 Å². The lowest BCUT2D eigenvalue weighted by atomic mass is 9.87. The molecule has 0 radical (unpaired) electrons. The van der Waals surface area contributed by atoms with E-state index in [1.54, 1.807) is 0 Å². The summed E-state index contributed by atoms with van der Waals surface area (Å²) < 4.78 is 41.3. The molecule has 0 aromatic carbocycles. The molecule has 0 saturated heterocycles. The van der Waals surface area contributed by atoms with Crippen molar-refractivity contribution in [2.24, 2.45) is 5.92 Å². The molecule has 1 amide bonds. The third kappa shape index (κ3) is 4.89. The number of hydrogen-bond donors (Lipinski definition) is 1. The maximum Gasteiger partial charge on any atom is 0.422 e. The first-order valence-electron chi connectivity index (χ1n) is 7.30.